The maximum absolute atomic E-state index is 11.2. The van der Waals surface area contributed by atoms with Crippen LogP contribution in [0.4, 0.5) is 5.82 Å². The molecule has 0 saturated heterocycles. The molecule has 0 aromatic carbocycles. The average molecular weight is 233 g/mol. The lowest BCUT2D eigenvalue weighted by atomic mass is 10.3. The predicted molar refractivity (Wildman–Crippen MR) is 57.8 cm³/mol. The van der Waals surface area contributed by atoms with Gasteiger partial charge in [-0.2, -0.15) is 0 Å². The van der Waals surface area contributed by atoms with Crippen LogP contribution in [0.5, 0.6) is 0 Å². The number of hydrogen-bond acceptors (Lipinski definition) is 2. The summed E-state index contributed by atoms with van der Waals surface area (Å²) in [5.74, 6) is 0.855. The highest BCUT2D eigenvalue weighted by molar-refractivity contribution is 6.29. The summed E-state index contributed by atoms with van der Waals surface area (Å²) < 4.78 is 0. The zero-order valence-corrected chi connectivity index (χ0v) is 8.98. The second kappa shape index (κ2) is 5.83. The Bertz CT molecular complexity index is 317. The molecule has 1 aromatic heterocycles. The van der Waals surface area contributed by atoms with Crippen molar-refractivity contribution in [1.82, 2.24) is 4.98 Å². The zero-order chi connectivity index (χ0) is 10.4. The molecular formula is C9H10Cl2N2O. The number of carbonyl (C=O) groups is 1. The number of nitrogens with zero attached hydrogens (tertiary/aromatic N) is 1. The molecule has 3 nitrogen and oxygen atoms in total. The topological polar surface area (TPSA) is 42.0 Å². The van der Waals surface area contributed by atoms with E-state index in [2.05, 4.69) is 10.3 Å². The number of hydrogen-bond donors (Lipinski definition) is 1. The van der Waals surface area contributed by atoms with E-state index in [4.69, 9.17) is 23.2 Å². The highest BCUT2D eigenvalue weighted by atomic mass is 35.5. The summed E-state index contributed by atoms with van der Waals surface area (Å²) in [5, 5.41) is 2.99. The Morgan fingerprint density at radius 3 is 2.93 bits per heavy atom. The van der Waals surface area contributed by atoms with Crippen LogP contribution in [0.3, 0.4) is 0 Å². The van der Waals surface area contributed by atoms with Crippen LogP contribution < -0.4 is 5.32 Å². The second-order valence-corrected chi connectivity index (χ2v) is 3.45. The van der Waals surface area contributed by atoms with Crippen LogP contribution in [0, 0.1) is 0 Å². The van der Waals surface area contributed by atoms with Gasteiger partial charge in [0.05, 0.1) is 0 Å². The molecule has 0 bridgehead atoms. The summed E-state index contributed by atoms with van der Waals surface area (Å²) in [5.41, 5.74) is 0. The van der Waals surface area contributed by atoms with Crippen molar-refractivity contribution in [2.75, 3.05) is 11.2 Å². The molecule has 0 saturated carbocycles. The quantitative estimate of drug-likeness (QED) is 0.641. The summed E-state index contributed by atoms with van der Waals surface area (Å²) in [6.07, 6.45) is 1.06. The van der Waals surface area contributed by atoms with Gasteiger partial charge in [0.15, 0.2) is 0 Å². The van der Waals surface area contributed by atoms with Crippen molar-refractivity contribution in [2.45, 2.75) is 12.8 Å². The van der Waals surface area contributed by atoms with Crippen LogP contribution in [0.25, 0.3) is 0 Å². The summed E-state index contributed by atoms with van der Waals surface area (Å²) in [4.78, 5) is 15.2. The van der Waals surface area contributed by atoms with Crippen LogP contribution in [-0.4, -0.2) is 16.8 Å². The number of alkyl halides is 1. The molecule has 14 heavy (non-hydrogen) atoms. The summed E-state index contributed by atoms with van der Waals surface area (Å²) in [7, 11) is 0. The van der Waals surface area contributed by atoms with Crippen LogP contribution in [0.2, 0.25) is 5.15 Å². The number of halogens is 2. The van der Waals surface area contributed by atoms with Crippen molar-refractivity contribution < 1.29 is 4.79 Å². The van der Waals surface area contributed by atoms with Gasteiger partial charge in [0.2, 0.25) is 5.91 Å². The van der Waals surface area contributed by atoms with Crippen molar-refractivity contribution in [1.29, 1.82) is 0 Å². The lowest BCUT2D eigenvalue weighted by Crippen LogP contribution is -2.12. The first kappa shape index (κ1) is 11.3. The molecule has 1 aromatic rings. The van der Waals surface area contributed by atoms with Crippen molar-refractivity contribution >= 4 is 34.9 Å². The largest absolute Gasteiger partial charge is 0.311 e. The minimum atomic E-state index is -0.0968. The molecule has 0 aliphatic carbocycles. The maximum atomic E-state index is 11.2. The fraction of sp³-hybridized carbons (Fsp3) is 0.333. The van der Waals surface area contributed by atoms with E-state index in [1.165, 1.54) is 0 Å². The summed E-state index contributed by atoms with van der Waals surface area (Å²) in [6.45, 7) is 0. The summed E-state index contributed by atoms with van der Waals surface area (Å²) in [6, 6.07) is 5.06. The van der Waals surface area contributed by atoms with E-state index in [9.17, 15) is 4.79 Å². The number of pyridine rings is 1. The fourth-order valence-corrected chi connectivity index (χ4v) is 1.21. The Morgan fingerprint density at radius 1 is 1.50 bits per heavy atom. The second-order valence-electron chi connectivity index (χ2n) is 2.69. The third-order valence-corrected chi connectivity index (χ3v) is 2.00. The normalized spacial score (nSPS) is 9.86. The summed E-state index contributed by atoms with van der Waals surface area (Å²) >= 11 is 11.1. The first-order valence-corrected chi connectivity index (χ1v) is 5.12. The number of aromatic nitrogens is 1. The number of rotatable bonds is 4. The monoisotopic (exact) mass is 232 g/mol. The van der Waals surface area contributed by atoms with Gasteiger partial charge < -0.3 is 5.32 Å². The molecule has 0 aliphatic heterocycles. The third-order valence-electron chi connectivity index (χ3n) is 1.52. The molecule has 0 radical (unpaired) electrons. The van der Waals surface area contributed by atoms with E-state index < -0.39 is 0 Å². The molecule has 0 spiro atoms. The van der Waals surface area contributed by atoms with Gasteiger partial charge in [-0.3, -0.25) is 4.79 Å². The van der Waals surface area contributed by atoms with Crippen molar-refractivity contribution in [3.63, 3.8) is 0 Å². The Kier molecular flexibility index (Phi) is 4.70. The highest BCUT2D eigenvalue weighted by Gasteiger charge is 2.02. The Morgan fingerprint density at radius 2 is 2.29 bits per heavy atom. The number of carbonyl (C=O) groups excluding carboxylic acids is 1. The first-order valence-electron chi connectivity index (χ1n) is 4.21. The van der Waals surface area contributed by atoms with Gasteiger partial charge >= 0.3 is 0 Å². The van der Waals surface area contributed by atoms with E-state index in [0.717, 1.165) is 0 Å². The molecule has 1 heterocycles. The average Bonchev–Trinajstić information content (AvgIpc) is 2.15. The van der Waals surface area contributed by atoms with Gasteiger partial charge in [-0.15, -0.1) is 11.6 Å². The van der Waals surface area contributed by atoms with Crippen LogP contribution in [0.1, 0.15) is 12.8 Å². The lowest BCUT2D eigenvalue weighted by molar-refractivity contribution is -0.116. The van der Waals surface area contributed by atoms with E-state index in [1.807, 2.05) is 0 Å². The number of anilines is 1. The van der Waals surface area contributed by atoms with Gasteiger partial charge in [-0.1, -0.05) is 17.7 Å². The smallest absolute Gasteiger partial charge is 0.225 e. The maximum Gasteiger partial charge on any atom is 0.225 e. The molecule has 1 amide bonds. The third kappa shape index (κ3) is 3.94. The molecule has 0 atom stereocenters. The van der Waals surface area contributed by atoms with Gasteiger partial charge in [0.25, 0.3) is 0 Å². The van der Waals surface area contributed by atoms with Crippen molar-refractivity contribution in [3.8, 4) is 0 Å². The molecule has 5 heteroatoms. The van der Waals surface area contributed by atoms with E-state index in [0.29, 0.717) is 29.7 Å². The zero-order valence-electron chi connectivity index (χ0n) is 7.46. The van der Waals surface area contributed by atoms with Gasteiger partial charge in [0.1, 0.15) is 11.0 Å². The van der Waals surface area contributed by atoms with Gasteiger partial charge in [-0.05, 0) is 18.6 Å². The molecule has 0 fully saturated rings. The van der Waals surface area contributed by atoms with Crippen LogP contribution in [0.15, 0.2) is 18.2 Å². The molecular weight excluding hydrogens is 223 g/mol. The van der Waals surface area contributed by atoms with E-state index in [-0.39, 0.29) is 5.91 Å². The standard InChI is InChI=1S/C9H10Cl2N2O/c10-6-2-5-9(14)13-8-4-1-3-7(11)12-8/h1,3-4H,2,5-6H2,(H,12,13,14). The fourth-order valence-electron chi connectivity index (χ4n) is 0.911. The molecule has 0 unspecified atom stereocenters. The van der Waals surface area contributed by atoms with Crippen LogP contribution >= 0.6 is 23.2 Å². The molecule has 1 rings (SSSR count). The molecule has 1 N–H and O–H groups in total. The first-order chi connectivity index (χ1) is 6.72. The number of amides is 1. The predicted octanol–water partition coefficient (Wildman–Crippen LogP) is 2.69. The Labute approximate surface area is 92.4 Å². The minimum absolute atomic E-state index is 0.0968. The van der Waals surface area contributed by atoms with Gasteiger partial charge in [0, 0.05) is 12.3 Å². The van der Waals surface area contributed by atoms with E-state index in [1.54, 1.807) is 18.2 Å². The van der Waals surface area contributed by atoms with Gasteiger partial charge in [-0.25, -0.2) is 4.98 Å². The molecule has 76 valence electrons. The SMILES string of the molecule is O=C(CCCCl)Nc1cccc(Cl)n1. The minimum Gasteiger partial charge on any atom is -0.311 e. The Hall–Kier alpha value is -0.800. The number of nitrogens with one attached hydrogen (secondary N) is 1. The lowest BCUT2D eigenvalue weighted by Gasteiger charge is -2.02. The Balaban J connectivity index is 2.47. The van der Waals surface area contributed by atoms with E-state index >= 15 is 0 Å². The van der Waals surface area contributed by atoms with Crippen molar-refractivity contribution in [2.24, 2.45) is 0 Å². The van der Waals surface area contributed by atoms with Crippen LogP contribution in [-0.2, 0) is 4.79 Å². The molecule has 0 aliphatic rings. The van der Waals surface area contributed by atoms with Crippen molar-refractivity contribution in [3.05, 3.63) is 23.4 Å². The highest BCUT2D eigenvalue weighted by Crippen LogP contribution is 2.09.